The number of aliphatic carboxylic acids is 1. The molecule has 1 aromatic carbocycles. The van der Waals surface area contributed by atoms with Crippen LogP contribution in [-0.2, 0) is 30.4 Å². The topological polar surface area (TPSA) is 299 Å². The van der Waals surface area contributed by atoms with Gasteiger partial charge in [0.15, 0.2) is 12.0 Å². The van der Waals surface area contributed by atoms with Crippen LogP contribution in [-0.4, -0.2) is 87.7 Å². The first-order chi connectivity index (χ1) is 18.2. The number of carboxylic acids is 1. The highest BCUT2D eigenvalue weighted by molar-refractivity contribution is 5.96. The third kappa shape index (κ3) is 12.1. The molecule has 1 aromatic rings. The summed E-state index contributed by atoms with van der Waals surface area (Å²) in [5.74, 6) is -5.37. The van der Waals surface area contributed by atoms with Crippen LogP contribution >= 0.6 is 0 Å². The molecule has 0 spiro atoms. The number of phenolic OH excluding ortho intramolecular Hbond substituents is 1. The molecule has 0 fully saturated rings. The zero-order valence-corrected chi connectivity index (χ0v) is 21.4. The number of carboxylic acid groups (broad SMARTS) is 1. The van der Waals surface area contributed by atoms with Crippen molar-refractivity contribution in [2.45, 2.75) is 62.9 Å². The monoisotopic (exact) mass is 552 g/mol. The maximum atomic E-state index is 13.1. The van der Waals surface area contributed by atoms with E-state index in [0.717, 1.165) is 6.92 Å². The molecule has 5 atom stereocenters. The van der Waals surface area contributed by atoms with E-state index < -0.39 is 66.3 Å². The van der Waals surface area contributed by atoms with E-state index in [1.165, 1.54) is 12.1 Å². The highest BCUT2D eigenvalue weighted by Crippen LogP contribution is 2.11. The minimum Gasteiger partial charge on any atom is -0.508 e. The first-order valence-corrected chi connectivity index (χ1v) is 11.9. The van der Waals surface area contributed by atoms with Gasteiger partial charge in [0.1, 0.15) is 17.8 Å². The molecule has 16 heteroatoms. The lowest BCUT2D eigenvalue weighted by atomic mass is 10.0. The second kappa shape index (κ2) is 15.7. The Morgan fingerprint density at radius 3 is 2.00 bits per heavy atom. The summed E-state index contributed by atoms with van der Waals surface area (Å²) in [6.07, 6.45) is -1.89. The van der Waals surface area contributed by atoms with Crippen molar-refractivity contribution < 1.29 is 39.3 Å². The van der Waals surface area contributed by atoms with E-state index in [-0.39, 0.29) is 37.5 Å². The third-order valence-corrected chi connectivity index (χ3v) is 5.39. The molecule has 39 heavy (non-hydrogen) atoms. The van der Waals surface area contributed by atoms with Crippen molar-refractivity contribution in [1.82, 2.24) is 16.0 Å². The van der Waals surface area contributed by atoms with E-state index in [4.69, 9.17) is 22.9 Å². The molecular formula is C23H36N8O8. The minimum absolute atomic E-state index is 0.00335. The van der Waals surface area contributed by atoms with Crippen LogP contribution in [0.2, 0.25) is 0 Å². The van der Waals surface area contributed by atoms with Gasteiger partial charge in [-0.25, -0.2) is 4.79 Å². The van der Waals surface area contributed by atoms with Crippen LogP contribution in [0.4, 0.5) is 0 Å². The van der Waals surface area contributed by atoms with E-state index in [1.807, 2.05) is 5.32 Å². The van der Waals surface area contributed by atoms with Gasteiger partial charge in [-0.05, 0) is 43.9 Å². The number of primary amides is 1. The van der Waals surface area contributed by atoms with Crippen molar-refractivity contribution in [3.63, 3.8) is 0 Å². The summed E-state index contributed by atoms with van der Waals surface area (Å²) >= 11 is 0. The average molecular weight is 553 g/mol. The number of amides is 4. The van der Waals surface area contributed by atoms with E-state index in [9.17, 15) is 39.3 Å². The highest BCUT2D eigenvalue weighted by atomic mass is 16.4. The first kappa shape index (κ1) is 32.6. The van der Waals surface area contributed by atoms with E-state index in [1.54, 1.807) is 12.1 Å². The molecular weight excluding hydrogens is 516 g/mol. The van der Waals surface area contributed by atoms with E-state index in [2.05, 4.69) is 15.6 Å². The number of nitrogens with two attached hydrogens (primary N) is 4. The van der Waals surface area contributed by atoms with Crippen molar-refractivity contribution >= 4 is 35.6 Å². The Morgan fingerprint density at radius 2 is 1.49 bits per heavy atom. The predicted molar refractivity (Wildman–Crippen MR) is 139 cm³/mol. The lowest BCUT2D eigenvalue weighted by Crippen LogP contribution is -2.59. The Morgan fingerprint density at radius 1 is 0.923 bits per heavy atom. The van der Waals surface area contributed by atoms with Crippen molar-refractivity contribution in [1.29, 1.82) is 0 Å². The number of nitrogens with zero attached hydrogens (tertiary/aromatic N) is 1. The zero-order valence-electron chi connectivity index (χ0n) is 21.4. The minimum atomic E-state index is -1.72. The Hall–Kier alpha value is -4.44. The summed E-state index contributed by atoms with van der Waals surface area (Å²) < 4.78 is 0. The smallest absolute Gasteiger partial charge is 0.328 e. The fourth-order valence-corrected chi connectivity index (χ4v) is 3.36. The lowest BCUT2D eigenvalue weighted by molar-refractivity contribution is -0.145. The van der Waals surface area contributed by atoms with Crippen LogP contribution in [0.25, 0.3) is 0 Å². The second-order valence-electron chi connectivity index (χ2n) is 8.78. The first-order valence-electron chi connectivity index (χ1n) is 11.9. The van der Waals surface area contributed by atoms with Crippen LogP contribution < -0.4 is 38.9 Å². The Balaban J connectivity index is 3.05. The van der Waals surface area contributed by atoms with Crippen LogP contribution in [0.15, 0.2) is 29.3 Å². The SMILES string of the molecule is CC(O)C(NC(=O)C(CC(N)=O)NC(=O)C(CCCN=C(N)N)NC(=O)C(N)Cc1ccc(O)cc1)C(=O)O. The van der Waals surface area contributed by atoms with Crippen molar-refractivity contribution in [2.75, 3.05) is 6.54 Å². The quantitative estimate of drug-likeness (QED) is 0.0537. The van der Waals surface area contributed by atoms with Crippen LogP contribution in [0, 0.1) is 0 Å². The number of nitrogens with one attached hydrogen (secondary N) is 3. The molecule has 216 valence electrons. The second-order valence-corrected chi connectivity index (χ2v) is 8.78. The highest BCUT2D eigenvalue weighted by Gasteiger charge is 2.32. The van der Waals surface area contributed by atoms with E-state index in [0.29, 0.717) is 5.56 Å². The van der Waals surface area contributed by atoms with E-state index >= 15 is 0 Å². The predicted octanol–water partition coefficient (Wildman–Crippen LogP) is -3.89. The van der Waals surface area contributed by atoms with Gasteiger partial charge in [0.25, 0.3) is 0 Å². The van der Waals surface area contributed by atoms with Crippen molar-refractivity contribution in [3.05, 3.63) is 29.8 Å². The standard InChI is InChI=1S/C23H36N8O8/c1-11(32)18(22(38)39)31-21(37)16(10-17(25)34)30-20(36)15(3-2-8-28-23(26)27)29-19(35)14(24)9-12-4-6-13(33)7-5-12/h4-7,11,14-16,18,32-33H,2-3,8-10,24H2,1H3,(H2,25,34)(H,29,35)(H,30,36)(H,31,37)(H,38,39)(H4,26,27,28). The summed E-state index contributed by atoms with van der Waals surface area (Å²) in [5, 5.41) is 35.0. The summed E-state index contributed by atoms with van der Waals surface area (Å²) in [5.41, 5.74) is 22.4. The molecule has 0 bridgehead atoms. The Labute approximate surface area is 224 Å². The number of hydrogen-bond acceptors (Lipinski definition) is 9. The summed E-state index contributed by atoms with van der Waals surface area (Å²) in [6, 6.07) is 0.324. The van der Waals surface area contributed by atoms with Crippen LogP contribution in [0.5, 0.6) is 5.75 Å². The molecule has 0 aliphatic heterocycles. The number of hydrogen-bond donors (Lipinski definition) is 10. The van der Waals surface area contributed by atoms with Gasteiger partial charge in [0.2, 0.25) is 23.6 Å². The number of guanidine groups is 1. The number of phenols is 1. The number of aliphatic imine (C=N–C) groups is 1. The molecule has 0 aliphatic carbocycles. The van der Waals surface area contributed by atoms with Gasteiger partial charge in [0.05, 0.1) is 18.6 Å². The zero-order chi connectivity index (χ0) is 29.7. The summed E-state index contributed by atoms with van der Waals surface area (Å²) in [7, 11) is 0. The molecule has 1 rings (SSSR count). The average Bonchev–Trinajstić information content (AvgIpc) is 2.84. The number of aliphatic hydroxyl groups is 1. The molecule has 0 radical (unpaired) electrons. The number of benzene rings is 1. The lowest BCUT2D eigenvalue weighted by Gasteiger charge is -2.25. The fourth-order valence-electron chi connectivity index (χ4n) is 3.36. The molecule has 16 nitrogen and oxygen atoms in total. The molecule has 0 aromatic heterocycles. The molecule has 0 heterocycles. The molecule has 5 unspecified atom stereocenters. The fraction of sp³-hybridized carbons (Fsp3) is 0.478. The largest absolute Gasteiger partial charge is 0.508 e. The molecule has 14 N–H and O–H groups in total. The number of carbonyl (C=O) groups is 5. The maximum Gasteiger partial charge on any atom is 0.328 e. The maximum absolute atomic E-state index is 13.1. The molecule has 4 amide bonds. The Kier molecular flexibility index (Phi) is 13.1. The van der Waals surface area contributed by atoms with Gasteiger partial charge in [0, 0.05) is 6.54 Å². The van der Waals surface area contributed by atoms with Crippen molar-refractivity contribution in [2.24, 2.45) is 27.9 Å². The molecule has 0 aliphatic rings. The molecule has 0 saturated heterocycles. The Bertz CT molecular complexity index is 1040. The number of aromatic hydroxyl groups is 1. The summed E-state index contributed by atoms with van der Waals surface area (Å²) in [6.45, 7) is 1.24. The van der Waals surface area contributed by atoms with Crippen molar-refractivity contribution in [3.8, 4) is 5.75 Å². The van der Waals surface area contributed by atoms with Gasteiger partial charge in [-0.1, -0.05) is 12.1 Å². The van der Waals surface area contributed by atoms with Crippen LogP contribution in [0.1, 0.15) is 31.7 Å². The van der Waals surface area contributed by atoms with Gasteiger partial charge in [-0.3, -0.25) is 24.2 Å². The number of aliphatic hydroxyl groups excluding tert-OH is 1. The normalized spacial score (nSPS) is 14.5. The summed E-state index contributed by atoms with van der Waals surface area (Å²) in [4.78, 5) is 65.2. The number of rotatable bonds is 16. The van der Waals surface area contributed by atoms with Gasteiger partial charge < -0.3 is 54.2 Å². The van der Waals surface area contributed by atoms with Gasteiger partial charge in [-0.15, -0.1) is 0 Å². The van der Waals surface area contributed by atoms with Crippen LogP contribution in [0.3, 0.4) is 0 Å². The van der Waals surface area contributed by atoms with Gasteiger partial charge >= 0.3 is 5.97 Å². The molecule has 0 saturated carbocycles. The third-order valence-electron chi connectivity index (χ3n) is 5.39. The number of carbonyl (C=O) groups excluding carboxylic acids is 4. The van der Waals surface area contributed by atoms with Gasteiger partial charge in [-0.2, -0.15) is 0 Å².